The first-order chi connectivity index (χ1) is 8.14. The van der Waals surface area contributed by atoms with Gasteiger partial charge >= 0.3 is 5.97 Å². The summed E-state index contributed by atoms with van der Waals surface area (Å²) in [4.78, 5) is 22.4. The first-order valence-corrected chi connectivity index (χ1v) is 5.95. The van der Waals surface area contributed by atoms with Crippen LogP contribution in [0, 0.1) is 5.41 Å². The van der Waals surface area contributed by atoms with Gasteiger partial charge in [-0.3, -0.25) is 9.59 Å². The molecule has 6 heteroatoms. The van der Waals surface area contributed by atoms with Crippen LogP contribution in [0.2, 0.25) is 0 Å². The number of ether oxygens (including phenoxy) is 2. The van der Waals surface area contributed by atoms with Gasteiger partial charge in [0.25, 0.3) is 0 Å². The second-order valence-corrected chi connectivity index (χ2v) is 5.61. The Morgan fingerprint density at radius 1 is 1.33 bits per heavy atom. The third kappa shape index (κ3) is 3.96. The van der Waals surface area contributed by atoms with Crippen LogP contribution in [0.25, 0.3) is 0 Å². The van der Waals surface area contributed by atoms with Crippen molar-refractivity contribution in [2.45, 2.75) is 46.0 Å². The molecule has 1 atom stereocenters. The molecule has 104 valence electrons. The number of carbonyl (C=O) groups is 2. The topological polar surface area (TPSA) is 84.9 Å². The fraction of sp³-hybridized carbons (Fsp3) is 0.833. The molecule has 1 aliphatic heterocycles. The molecule has 18 heavy (non-hydrogen) atoms. The lowest BCUT2D eigenvalue weighted by molar-refractivity contribution is -0.304. The molecule has 0 spiro atoms. The standard InChI is InChI=1S/C12H21NO5/c1-11(2)7-17-12(3,4)18-9(11)10(16)13-6-5-8(14)15/h9H,5-7H2,1-4H3,(H,13,16)(H,14,15)/t9-/m0/s1. The number of aliphatic carboxylic acids is 1. The normalized spacial score (nSPS) is 25.4. The van der Waals surface area contributed by atoms with E-state index in [9.17, 15) is 9.59 Å². The summed E-state index contributed by atoms with van der Waals surface area (Å²) in [5.41, 5.74) is -0.442. The van der Waals surface area contributed by atoms with Gasteiger partial charge in [-0.15, -0.1) is 0 Å². The van der Waals surface area contributed by atoms with E-state index in [4.69, 9.17) is 14.6 Å². The van der Waals surface area contributed by atoms with Gasteiger partial charge < -0.3 is 19.9 Å². The molecule has 0 aromatic heterocycles. The lowest BCUT2D eigenvalue weighted by Crippen LogP contribution is -2.56. The number of nitrogens with one attached hydrogen (secondary N) is 1. The molecular formula is C12H21NO5. The quantitative estimate of drug-likeness (QED) is 0.778. The van der Waals surface area contributed by atoms with Crippen molar-refractivity contribution in [2.75, 3.05) is 13.2 Å². The molecule has 0 bridgehead atoms. The number of rotatable bonds is 4. The van der Waals surface area contributed by atoms with E-state index in [2.05, 4.69) is 5.32 Å². The third-order valence-electron chi connectivity index (χ3n) is 2.78. The van der Waals surface area contributed by atoms with Crippen LogP contribution in [0.15, 0.2) is 0 Å². The molecule has 1 rings (SSSR count). The Labute approximate surface area is 107 Å². The van der Waals surface area contributed by atoms with E-state index < -0.39 is 23.3 Å². The van der Waals surface area contributed by atoms with Gasteiger partial charge in [0.2, 0.25) is 5.91 Å². The van der Waals surface area contributed by atoms with Crippen molar-refractivity contribution >= 4 is 11.9 Å². The lowest BCUT2D eigenvalue weighted by Gasteiger charge is -2.44. The van der Waals surface area contributed by atoms with Crippen LogP contribution in [-0.4, -0.2) is 42.0 Å². The number of hydrogen-bond acceptors (Lipinski definition) is 4. The van der Waals surface area contributed by atoms with Crippen LogP contribution in [0.3, 0.4) is 0 Å². The lowest BCUT2D eigenvalue weighted by atomic mass is 9.85. The van der Waals surface area contributed by atoms with Gasteiger partial charge in [0.05, 0.1) is 13.0 Å². The maximum atomic E-state index is 12.0. The molecule has 1 amide bonds. The minimum atomic E-state index is -0.942. The van der Waals surface area contributed by atoms with Crippen LogP contribution >= 0.6 is 0 Å². The minimum Gasteiger partial charge on any atom is -0.481 e. The maximum Gasteiger partial charge on any atom is 0.305 e. The van der Waals surface area contributed by atoms with Gasteiger partial charge in [0.15, 0.2) is 5.79 Å². The summed E-state index contributed by atoms with van der Waals surface area (Å²) < 4.78 is 11.1. The summed E-state index contributed by atoms with van der Waals surface area (Å²) in [7, 11) is 0. The van der Waals surface area contributed by atoms with E-state index in [1.165, 1.54) is 0 Å². The van der Waals surface area contributed by atoms with Gasteiger partial charge in [-0.1, -0.05) is 13.8 Å². The zero-order valence-electron chi connectivity index (χ0n) is 11.3. The molecule has 0 aromatic rings. The van der Waals surface area contributed by atoms with Crippen LogP contribution in [0.4, 0.5) is 0 Å². The Balaban J connectivity index is 2.60. The first kappa shape index (κ1) is 14.9. The number of amides is 1. The number of carboxylic acid groups (broad SMARTS) is 1. The van der Waals surface area contributed by atoms with Crippen LogP contribution in [0.1, 0.15) is 34.1 Å². The summed E-state index contributed by atoms with van der Waals surface area (Å²) in [6.07, 6.45) is -0.742. The van der Waals surface area contributed by atoms with Gasteiger partial charge in [-0.25, -0.2) is 0 Å². The van der Waals surface area contributed by atoms with Crippen molar-refractivity contribution < 1.29 is 24.2 Å². The van der Waals surface area contributed by atoms with E-state index in [1.54, 1.807) is 13.8 Å². The van der Waals surface area contributed by atoms with E-state index >= 15 is 0 Å². The van der Waals surface area contributed by atoms with Crippen LogP contribution in [-0.2, 0) is 19.1 Å². The summed E-state index contributed by atoms with van der Waals surface area (Å²) >= 11 is 0. The molecule has 1 saturated heterocycles. The van der Waals surface area contributed by atoms with Gasteiger partial charge in [0, 0.05) is 12.0 Å². The third-order valence-corrected chi connectivity index (χ3v) is 2.78. The Hall–Kier alpha value is -1.14. The predicted molar refractivity (Wildman–Crippen MR) is 63.9 cm³/mol. The Kier molecular flexibility index (Phi) is 4.34. The van der Waals surface area contributed by atoms with Crippen molar-refractivity contribution in [2.24, 2.45) is 5.41 Å². The molecule has 2 N–H and O–H groups in total. The summed E-state index contributed by atoms with van der Waals surface area (Å²) in [5, 5.41) is 11.1. The SMILES string of the molecule is CC1(C)OCC(C)(C)[C@H](C(=O)NCCC(=O)O)O1. The van der Waals surface area contributed by atoms with E-state index in [0.29, 0.717) is 6.61 Å². The Bertz CT molecular complexity index is 337. The zero-order valence-corrected chi connectivity index (χ0v) is 11.3. The smallest absolute Gasteiger partial charge is 0.305 e. The molecule has 1 heterocycles. The molecule has 0 radical (unpaired) electrons. The fourth-order valence-electron chi connectivity index (χ4n) is 1.71. The molecule has 0 aliphatic carbocycles. The number of carbonyl (C=O) groups excluding carboxylic acids is 1. The summed E-state index contributed by atoms with van der Waals surface area (Å²) in [6, 6.07) is 0. The Morgan fingerprint density at radius 3 is 2.50 bits per heavy atom. The fourth-order valence-corrected chi connectivity index (χ4v) is 1.71. The monoisotopic (exact) mass is 259 g/mol. The first-order valence-electron chi connectivity index (χ1n) is 5.95. The number of carboxylic acids is 1. The zero-order chi connectivity index (χ0) is 14.0. The highest BCUT2D eigenvalue weighted by atomic mass is 16.7. The number of hydrogen-bond donors (Lipinski definition) is 2. The average molecular weight is 259 g/mol. The second-order valence-electron chi connectivity index (χ2n) is 5.61. The van der Waals surface area contributed by atoms with E-state index in [-0.39, 0.29) is 18.9 Å². The highest BCUT2D eigenvalue weighted by Gasteiger charge is 2.45. The Morgan fingerprint density at radius 2 is 1.94 bits per heavy atom. The van der Waals surface area contributed by atoms with Gasteiger partial charge in [-0.05, 0) is 13.8 Å². The highest BCUT2D eigenvalue weighted by Crippen LogP contribution is 2.34. The predicted octanol–water partition coefficient (Wildman–Crippen LogP) is 0.755. The molecule has 1 fully saturated rings. The van der Waals surface area contributed by atoms with Crippen LogP contribution < -0.4 is 5.32 Å². The van der Waals surface area contributed by atoms with Gasteiger partial charge in [-0.2, -0.15) is 0 Å². The summed E-state index contributed by atoms with van der Waals surface area (Å²) in [5.74, 6) is -2.04. The second kappa shape index (κ2) is 5.24. The van der Waals surface area contributed by atoms with Gasteiger partial charge in [0.1, 0.15) is 6.10 Å². The van der Waals surface area contributed by atoms with E-state index in [1.807, 2.05) is 13.8 Å². The largest absolute Gasteiger partial charge is 0.481 e. The molecule has 6 nitrogen and oxygen atoms in total. The van der Waals surface area contributed by atoms with Crippen molar-refractivity contribution in [3.63, 3.8) is 0 Å². The van der Waals surface area contributed by atoms with Crippen molar-refractivity contribution in [3.05, 3.63) is 0 Å². The highest BCUT2D eigenvalue weighted by molar-refractivity contribution is 5.82. The maximum absolute atomic E-state index is 12.0. The van der Waals surface area contributed by atoms with Crippen molar-refractivity contribution in [1.29, 1.82) is 0 Å². The average Bonchev–Trinajstić information content (AvgIpc) is 2.21. The van der Waals surface area contributed by atoms with Crippen LogP contribution in [0.5, 0.6) is 0 Å². The van der Waals surface area contributed by atoms with E-state index in [0.717, 1.165) is 0 Å². The summed E-state index contributed by atoms with van der Waals surface area (Å²) in [6.45, 7) is 7.77. The molecule has 1 aliphatic rings. The minimum absolute atomic E-state index is 0.0984. The van der Waals surface area contributed by atoms with Crippen molar-refractivity contribution in [1.82, 2.24) is 5.32 Å². The molecule has 0 aromatic carbocycles. The molecule has 0 unspecified atom stereocenters. The molecular weight excluding hydrogens is 238 g/mol. The van der Waals surface area contributed by atoms with Crippen molar-refractivity contribution in [3.8, 4) is 0 Å². The molecule has 0 saturated carbocycles.